The summed E-state index contributed by atoms with van der Waals surface area (Å²) in [7, 11) is 0. The molecule has 1 aromatic heterocycles. The third-order valence-electron chi connectivity index (χ3n) is 5.96. The first-order chi connectivity index (χ1) is 17.0. The minimum absolute atomic E-state index is 0.0419. The number of benzene rings is 2. The van der Waals surface area contributed by atoms with Crippen LogP contribution in [0.25, 0.3) is 11.1 Å². The smallest absolute Gasteiger partial charge is 0.416 e. The van der Waals surface area contributed by atoms with E-state index in [1.54, 1.807) is 30.3 Å². The summed E-state index contributed by atoms with van der Waals surface area (Å²) in [4.78, 5) is 18.9. The number of hydrogen-bond acceptors (Lipinski definition) is 5. The lowest BCUT2D eigenvalue weighted by Gasteiger charge is -2.36. The zero-order valence-electron chi connectivity index (χ0n) is 19.8. The van der Waals surface area contributed by atoms with Crippen LogP contribution < -0.4 is 15.8 Å². The number of nitrogens with zero attached hydrogens (tertiary/aromatic N) is 2. The van der Waals surface area contributed by atoms with Gasteiger partial charge in [0.25, 0.3) is 5.91 Å². The van der Waals surface area contributed by atoms with Gasteiger partial charge in [-0.1, -0.05) is 18.2 Å². The van der Waals surface area contributed by atoms with Crippen molar-refractivity contribution < 1.29 is 27.1 Å². The van der Waals surface area contributed by atoms with Crippen molar-refractivity contribution in [1.29, 1.82) is 0 Å². The molecule has 2 unspecified atom stereocenters. The molecule has 1 amide bonds. The SMILES string of the molecule is CC1CN(C(=O)c2ccc(-c3cnc(N)c(OCc4ccc(C(F)(F)F)cc4F)c3)cc2)CC(C)N1. The molecule has 0 spiro atoms. The number of hydrogen-bond donors (Lipinski definition) is 2. The molecule has 2 heterocycles. The third-order valence-corrected chi connectivity index (χ3v) is 5.96. The number of anilines is 1. The van der Waals surface area contributed by atoms with Crippen LogP contribution in [0, 0.1) is 5.82 Å². The van der Waals surface area contributed by atoms with Crippen LogP contribution in [0.3, 0.4) is 0 Å². The molecule has 2 aromatic carbocycles. The second-order valence-corrected chi connectivity index (χ2v) is 8.96. The van der Waals surface area contributed by atoms with Crippen molar-refractivity contribution in [2.45, 2.75) is 38.7 Å². The predicted molar refractivity (Wildman–Crippen MR) is 128 cm³/mol. The standard InChI is InChI=1S/C26H26F4N4O2/c1-15-12-34(13-16(2)33-15)25(35)18-5-3-17(4-6-18)20-9-23(24(31)32-11-20)36-14-19-7-8-21(10-22(19)27)26(28,29)30/h3-11,15-16,33H,12-14H2,1-2H3,(H2,31,32). The summed E-state index contributed by atoms with van der Waals surface area (Å²) in [6.07, 6.45) is -3.09. The monoisotopic (exact) mass is 502 g/mol. The van der Waals surface area contributed by atoms with E-state index in [1.807, 2.05) is 18.7 Å². The van der Waals surface area contributed by atoms with E-state index >= 15 is 0 Å². The molecule has 1 fully saturated rings. The minimum atomic E-state index is -4.63. The Bertz CT molecular complexity index is 1240. The number of rotatable bonds is 5. The highest BCUT2D eigenvalue weighted by atomic mass is 19.4. The summed E-state index contributed by atoms with van der Waals surface area (Å²) < 4.78 is 58.0. The predicted octanol–water partition coefficient (Wildman–Crippen LogP) is 4.89. The molecule has 3 N–H and O–H groups in total. The lowest BCUT2D eigenvalue weighted by molar-refractivity contribution is -0.137. The van der Waals surface area contributed by atoms with Gasteiger partial charge in [0.1, 0.15) is 12.4 Å². The Kier molecular flexibility index (Phi) is 7.16. The van der Waals surface area contributed by atoms with Gasteiger partial charge in [0.05, 0.1) is 5.56 Å². The molecule has 4 rings (SSSR count). The fraction of sp³-hybridized carbons (Fsp3) is 0.308. The number of ether oxygens (including phenoxy) is 1. The number of nitrogens with two attached hydrogens (primary N) is 1. The lowest BCUT2D eigenvalue weighted by Crippen LogP contribution is -2.55. The van der Waals surface area contributed by atoms with Crippen molar-refractivity contribution in [2.24, 2.45) is 0 Å². The Balaban J connectivity index is 1.47. The number of piperazine rings is 1. The van der Waals surface area contributed by atoms with E-state index in [4.69, 9.17) is 10.5 Å². The van der Waals surface area contributed by atoms with Gasteiger partial charge < -0.3 is 20.7 Å². The Labute approximate surface area is 206 Å². The van der Waals surface area contributed by atoms with Crippen molar-refractivity contribution in [3.63, 3.8) is 0 Å². The molecule has 36 heavy (non-hydrogen) atoms. The van der Waals surface area contributed by atoms with Gasteiger partial charge in [-0.3, -0.25) is 4.79 Å². The minimum Gasteiger partial charge on any atom is -0.485 e. The van der Waals surface area contributed by atoms with Crippen LogP contribution >= 0.6 is 0 Å². The molecular formula is C26H26F4N4O2. The normalized spacial score (nSPS) is 18.2. The molecule has 1 aliphatic rings. The maximum Gasteiger partial charge on any atom is 0.416 e. The van der Waals surface area contributed by atoms with Crippen molar-refractivity contribution in [3.8, 4) is 16.9 Å². The molecule has 1 saturated heterocycles. The number of nitrogen functional groups attached to an aromatic ring is 1. The lowest BCUT2D eigenvalue weighted by atomic mass is 10.0. The van der Waals surface area contributed by atoms with E-state index in [0.717, 1.165) is 17.7 Å². The summed E-state index contributed by atoms with van der Waals surface area (Å²) >= 11 is 0. The number of amides is 1. The number of carbonyl (C=O) groups is 1. The average molecular weight is 503 g/mol. The van der Waals surface area contributed by atoms with Gasteiger partial charge in [0.2, 0.25) is 0 Å². The van der Waals surface area contributed by atoms with Crippen LogP contribution in [0.15, 0.2) is 54.7 Å². The summed E-state index contributed by atoms with van der Waals surface area (Å²) in [5.41, 5.74) is 6.73. The van der Waals surface area contributed by atoms with Crippen LogP contribution in [0.5, 0.6) is 5.75 Å². The van der Waals surface area contributed by atoms with E-state index in [9.17, 15) is 22.4 Å². The van der Waals surface area contributed by atoms with E-state index in [1.165, 1.54) is 6.20 Å². The molecule has 2 atom stereocenters. The quantitative estimate of drug-likeness (QED) is 0.486. The van der Waals surface area contributed by atoms with E-state index in [0.29, 0.717) is 30.3 Å². The highest BCUT2D eigenvalue weighted by molar-refractivity contribution is 5.95. The zero-order chi connectivity index (χ0) is 26.0. The maximum absolute atomic E-state index is 14.1. The van der Waals surface area contributed by atoms with Crippen LogP contribution in [0.1, 0.15) is 35.3 Å². The summed E-state index contributed by atoms with van der Waals surface area (Å²) in [5, 5.41) is 3.40. The molecule has 3 aromatic rings. The molecule has 10 heteroatoms. The Morgan fingerprint density at radius 2 is 1.75 bits per heavy atom. The Hall–Kier alpha value is -3.66. The number of pyridine rings is 1. The molecule has 0 saturated carbocycles. The number of nitrogens with one attached hydrogen (secondary N) is 1. The maximum atomic E-state index is 14.1. The molecule has 0 aliphatic carbocycles. The largest absolute Gasteiger partial charge is 0.485 e. The van der Waals surface area contributed by atoms with Gasteiger partial charge in [-0.25, -0.2) is 9.37 Å². The van der Waals surface area contributed by atoms with Crippen LogP contribution in [-0.4, -0.2) is 41.0 Å². The Morgan fingerprint density at radius 3 is 2.36 bits per heavy atom. The van der Waals surface area contributed by atoms with Gasteiger partial charge in [-0.15, -0.1) is 0 Å². The van der Waals surface area contributed by atoms with Gasteiger partial charge in [-0.05, 0) is 49.7 Å². The van der Waals surface area contributed by atoms with Crippen molar-refractivity contribution >= 4 is 11.7 Å². The third kappa shape index (κ3) is 5.76. The van der Waals surface area contributed by atoms with Gasteiger partial charge in [-0.2, -0.15) is 13.2 Å². The highest BCUT2D eigenvalue weighted by Crippen LogP contribution is 2.31. The molecule has 0 radical (unpaired) electrons. The number of alkyl halides is 3. The van der Waals surface area contributed by atoms with Crippen molar-refractivity contribution in [3.05, 3.63) is 77.2 Å². The van der Waals surface area contributed by atoms with Gasteiger partial charge >= 0.3 is 6.18 Å². The number of aromatic nitrogens is 1. The molecule has 0 bridgehead atoms. The Morgan fingerprint density at radius 1 is 1.08 bits per heavy atom. The first-order valence-corrected chi connectivity index (χ1v) is 11.4. The van der Waals surface area contributed by atoms with Gasteiger partial charge in [0.15, 0.2) is 11.6 Å². The van der Waals surface area contributed by atoms with Crippen molar-refractivity contribution in [2.75, 3.05) is 18.8 Å². The first kappa shape index (κ1) is 25.4. The van der Waals surface area contributed by atoms with E-state index in [-0.39, 0.29) is 41.7 Å². The summed E-state index contributed by atoms with van der Waals surface area (Å²) in [5.74, 6) is -0.851. The van der Waals surface area contributed by atoms with Crippen molar-refractivity contribution in [1.82, 2.24) is 15.2 Å². The summed E-state index contributed by atoms with van der Waals surface area (Å²) in [6.45, 7) is 5.02. The number of carbonyl (C=O) groups excluding carboxylic acids is 1. The van der Waals surface area contributed by atoms with E-state index in [2.05, 4.69) is 10.3 Å². The highest BCUT2D eigenvalue weighted by Gasteiger charge is 2.31. The fourth-order valence-corrected chi connectivity index (χ4v) is 4.21. The average Bonchev–Trinajstić information content (AvgIpc) is 2.82. The van der Waals surface area contributed by atoms with Crippen LogP contribution in [0.2, 0.25) is 0 Å². The second kappa shape index (κ2) is 10.1. The molecule has 190 valence electrons. The molecule has 6 nitrogen and oxygen atoms in total. The number of halogens is 4. The van der Waals surface area contributed by atoms with E-state index < -0.39 is 17.6 Å². The van der Waals surface area contributed by atoms with Crippen LogP contribution in [0.4, 0.5) is 23.4 Å². The summed E-state index contributed by atoms with van der Waals surface area (Å²) in [6, 6.07) is 11.4. The first-order valence-electron chi connectivity index (χ1n) is 11.4. The molecular weight excluding hydrogens is 476 g/mol. The zero-order valence-corrected chi connectivity index (χ0v) is 19.8. The van der Waals surface area contributed by atoms with Gasteiger partial charge in [0, 0.05) is 48.1 Å². The van der Waals surface area contributed by atoms with Crippen LogP contribution in [-0.2, 0) is 12.8 Å². The fourth-order valence-electron chi connectivity index (χ4n) is 4.21. The molecule has 1 aliphatic heterocycles. The second-order valence-electron chi connectivity index (χ2n) is 8.96. The topological polar surface area (TPSA) is 80.5 Å².